The average molecular weight is 458 g/mol. The number of hydrogen-bond acceptors (Lipinski definition) is 5. The number of thiocarbonyl (C=S) groups is 1. The van der Waals surface area contributed by atoms with E-state index in [0.717, 1.165) is 0 Å². The Balaban J connectivity index is 1.55. The first-order valence-corrected chi connectivity index (χ1v) is 10.5. The molecule has 3 aromatic carbocycles. The normalized spacial score (nSPS) is 14.7. The van der Waals surface area contributed by atoms with Gasteiger partial charge >= 0.3 is 0 Å². The third-order valence-electron chi connectivity index (χ3n) is 4.75. The first-order chi connectivity index (χ1) is 16.0. The maximum absolute atomic E-state index is 13.1. The molecule has 0 unspecified atom stereocenters. The lowest BCUT2D eigenvalue weighted by Crippen LogP contribution is -2.54. The van der Waals surface area contributed by atoms with Gasteiger partial charge in [-0.3, -0.25) is 24.6 Å². The monoisotopic (exact) mass is 457 g/mol. The Morgan fingerprint density at radius 2 is 1.58 bits per heavy atom. The van der Waals surface area contributed by atoms with E-state index >= 15 is 0 Å². The standard InChI is InChI=1S/C25H19N3O4S/c29-22(26-18-10-3-1-4-11-18)16-32-21-14-8-7-9-17(21)15-20-23(30)27-25(33)28(24(20)31)19-12-5-2-6-13-19/h1-15H,16H2,(H,26,29)(H,27,30,33)/b20-15-. The van der Waals surface area contributed by atoms with Crippen LogP contribution in [-0.2, 0) is 14.4 Å². The topological polar surface area (TPSA) is 87.7 Å². The minimum absolute atomic E-state index is 0.00969. The van der Waals surface area contributed by atoms with Crippen molar-refractivity contribution in [3.05, 3.63) is 96.1 Å². The van der Waals surface area contributed by atoms with Crippen LogP contribution in [0.2, 0.25) is 0 Å². The van der Waals surface area contributed by atoms with E-state index in [1.807, 2.05) is 24.3 Å². The van der Waals surface area contributed by atoms with Crippen molar-refractivity contribution in [2.24, 2.45) is 0 Å². The summed E-state index contributed by atoms with van der Waals surface area (Å²) < 4.78 is 5.68. The molecule has 2 N–H and O–H groups in total. The Hall–Kier alpha value is -4.30. The molecule has 1 heterocycles. The van der Waals surface area contributed by atoms with Crippen molar-refractivity contribution in [3.63, 3.8) is 0 Å². The quantitative estimate of drug-likeness (QED) is 0.336. The van der Waals surface area contributed by atoms with Crippen LogP contribution >= 0.6 is 12.2 Å². The van der Waals surface area contributed by atoms with E-state index in [0.29, 0.717) is 22.7 Å². The number of ether oxygens (including phenoxy) is 1. The summed E-state index contributed by atoms with van der Waals surface area (Å²) in [5, 5.41) is 5.30. The van der Waals surface area contributed by atoms with Gasteiger partial charge in [0.15, 0.2) is 11.7 Å². The molecule has 7 nitrogen and oxygen atoms in total. The number of rotatable bonds is 6. The number of anilines is 2. The Bertz CT molecular complexity index is 1240. The van der Waals surface area contributed by atoms with E-state index < -0.39 is 11.8 Å². The number of amides is 3. The fourth-order valence-electron chi connectivity index (χ4n) is 3.22. The predicted molar refractivity (Wildman–Crippen MR) is 130 cm³/mol. The molecule has 4 rings (SSSR count). The lowest BCUT2D eigenvalue weighted by Gasteiger charge is -2.28. The third-order valence-corrected chi connectivity index (χ3v) is 5.04. The molecule has 8 heteroatoms. The van der Waals surface area contributed by atoms with Crippen LogP contribution in [0.15, 0.2) is 90.5 Å². The summed E-state index contributed by atoms with van der Waals surface area (Å²) in [6.07, 6.45) is 1.43. The van der Waals surface area contributed by atoms with Gasteiger partial charge in [-0.05, 0) is 48.6 Å². The van der Waals surface area contributed by atoms with E-state index in [9.17, 15) is 14.4 Å². The largest absolute Gasteiger partial charge is 0.483 e. The SMILES string of the molecule is O=C(COc1ccccc1/C=C1/C(=O)NC(=S)N(c2ccccc2)C1=O)Nc1ccccc1. The highest BCUT2D eigenvalue weighted by atomic mass is 32.1. The molecule has 0 spiro atoms. The lowest BCUT2D eigenvalue weighted by molar-refractivity contribution is -0.122. The number of nitrogens with zero attached hydrogens (tertiary/aromatic N) is 1. The van der Waals surface area contributed by atoms with Gasteiger partial charge in [-0.25, -0.2) is 0 Å². The minimum atomic E-state index is -0.603. The molecule has 1 fully saturated rings. The van der Waals surface area contributed by atoms with Gasteiger partial charge < -0.3 is 10.1 Å². The third kappa shape index (κ3) is 5.13. The van der Waals surface area contributed by atoms with Crippen LogP contribution in [0.5, 0.6) is 5.75 Å². The van der Waals surface area contributed by atoms with Crippen molar-refractivity contribution in [2.45, 2.75) is 0 Å². The molecule has 1 aliphatic rings. The van der Waals surface area contributed by atoms with Crippen LogP contribution in [0.25, 0.3) is 6.08 Å². The molecule has 3 amide bonds. The number of nitrogens with one attached hydrogen (secondary N) is 2. The van der Waals surface area contributed by atoms with Gasteiger partial charge in [0, 0.05) is 11.3 Å². The summed E-state index contributed by atoms with van der Waals surface area (Å²) in [5.74, 6) is -1.13. The second-order valence-electron chi connectivity index (χ2n) is 7.03. The van der Waals surface area contributed by atoms with E-state index in [1.165, 1.54) is 11.0 Å². The van der Waals surface area contributed by atoms with Gasteiger partial charge in [0.2, 0.25) is 0 Å². The number of benzene rings is 3. The van der Waals surface area contributed by atoms with Gasteiger partial charge in [0.05, 0.1) is 5.69 Å². The van der Waals surface area contributed by atoms with E-state index in [-0.39, 0.29) is 23.2 Å². The molecule has 0 aromatic heterocycles. The van der Waals surface area contributed by atoms with Crippen LogP contribution < -0.4 is 20.3 Å². The molecule has 0 radical (unpaired) electrons. The number of carbonyl (C=O) groups excluding carboxylic acids is 3. The Morgan fingerprint density at radius 3 is 2.30 bits per heavy atom. The number of carbonyl (C=O) groups is 3. The Morgan fingerprint density at radius 1 is 0.939 bits per heavy atom. The fraction of sp³-hybridized carbons (Fsp3) is 0.0400. The molecule has 0 bridgehead atoms. The number of para-hydroxylation sites is 3. The summed E-state index contributed by atoms with van der Waals surface area (Å²) in [6.45, 7) is -0.241. The smallest absolute Gasteiger partial charge is 0.270 e. The first kappa shape index (κ1) is 21.9. The lowest BCUT2D eigenvalue weighted by atomic mass is 10.1. The van der Waals surface area contributed by atoms with Gasteiger partial charge in [-0.1, -0.05) is 54.6 Å². The van der Waals surface area contributed by atoms with Crippen molar-refractivity contribution < 1.29 is 19.1 Å². The van der Waals surface area contributed by atoms with Crippen molar-refractivity contribution in [2.75, 3.05) is 16.8 Å². The van der Waals surface area contributed by atoms with Crippen LogP contribution in [0, 0.1) is 0 Å². The summed E-state index contributed by atoms with van der Waals surface area (Å²) in [6, 6.07) is 24.7. The molecule has 1 aliphatic heterocycles. The van der Waals surface area contributed by atoms with Crippen molar-refractivity contribution in [1.82, 2.24) is 5.32 Å². The number of hydrogen-bond donors (Lipinski definition) is 2. The molecule has 3 aromatic rings. The van der Waals surface area contributed by atoms with Crippen LogP contribution in [-0.4, -0.2) is 29.4 Å². The van der Waals surface area contributed by atoms with Crippen molar-refractivity contribution in [1.29, 1.82) is 0 Å². The van der Waals surface area contributed by atoms with Crippen molar-refractivity contribution >= 4 is 52.5 Å². The molecule has 0 saturated carbocycles. The van der Waals surface area contributed by atoms with Crippen LogP contribution in [0.1, 0.15) is 5.56 Å². The molecule has 0 atom stereocenters. The molecule has 0 aliphatic carbocycles. The second kappa shape index (κ2) is 9.88. The second-order valence-corrected chi connectivity index (χ2v) is 7.42. The molecule has 1 saturated heterocycles. The maximum Gasteiger partial charge on any atom is 0.270 e. The van der Waals surface area contributed by atoms with Gasteiger partial charge in [0.25, 0.3) is 17.7 Å². The van der Waals surface area contributed by atoms with Gasteiger partial charge in [0.1, 0.15) is 11.3 Å². The zero-order valence-corrected chi connectivity index (χ0v) is 18.2. The summed E-state index contributed by atoms with van der Waals surface area (Å²) in [7, 11) is 0. The van der Waals surface area contributed by atoms with E-state index in [1.54, 1.807) is 60.7 Å². The summed E-state index contributed by atoms with van der Waals surface area (Å²) >= 11 is 5.21. The molecule has 33 heavy (non-hydrogen) atoms. The van der Waals surface area contributed by atoms with Crippen LogP contribution in [0.4, 0.5) is 11.4 Å². The highest BCUT2D eigenvalue weighted by molar-refractivity contribution is 7.80. The Labute approximate surface area is 195 Å². The maximum atomic E-state index is 13.1. The van der Waals surface area contributed by atoms with Crippen molar-refractivity contribution in [3.8, 4) is 5.75 Å². The van der Waals surface area contributed by atoms with Gasteiger partial charge in [-0.15, -0.1) is 0 Å². The molecule has 164 valence electrons. The summed E-state index contributed by atoms with van der Waals surface area (Å²) in [4.78, 5) is 39.2. The Kier molecular flexibility index (Phi) is 6.56. The van der Waals surface area contributed by atoms with E-state index in [2.05, 4.69) is 10.6 Å². The predicted octanol–water partition coefficient (Wildman–Crippen LogP) is 3.54. The van der Waals surface area contributed by atoms with Gasteiger partial charge in [-0.2, -0.15) is 0 Å². The zero-order valence-electron chi connectivity index (χ0n) is 17.4. The first-order valence-electron chi connectivity index (χ1n) is 10.1. The molecular formula is C25H19N3O4S. The van der Waals surface area contributed by atoms with E-state index in [4.69, 9.17) is 17.0 Å². The highest BCUT2D eigenvalue weighted by Crippen LogP contribution is 2.25. The molecular weight excluding hydrogens is 438 g/mol. The highest BCUT2D eigenvalue weighted by Gasteiger charge is 2.34. The van der Waals surface area contributed by atoms with Crippen LogP contribution in [0.3, 0.4) is 0 Å². The minimum Gasteiger partial charge on any atom is -0.483 e. The zero-order chi connectivity index (χ0) is 23.2. The fourth-order valence-corrected chi connectivity index (χ4v) is 3.50. The average Bonchev–Trinajstić information content (AvgIpc) is 2.82. The summed E-state index contributed by atoms with van der Waals surface area (Å²) in [5.41, 5.74) is 1.57.